The molecule has 4 nitrogen and oxygen atoms in total. The minimum atomic E-state index is -0.381. The summed E-state index contributed by atoms with van der Waals surface area (Å²) in [6, 6.07) is 4.86. The number of amides is 1. The monoisotopic (exact) mass is 307 g/mol. The highest BCUT2D eigenvalue weighted by molar-refractivity contribution is 5.76. The first-order chi connectivity index (χ1) is 10.7. The maximum absolute atomic E-state index is 13.6. The molecule has 0 aliphatic carbocycles. The molecule has 2 fully saturated rings. The lowest BCUT2D eigenvalue weighted by Crippen LogP contribution is -2.30. The van der Waals surface area contributed by atoms with Gasteiger partial charge < -0.3 is 14.4 Å². The zero-order valence-corrected chi connectivity index (χ0v) is 12.9. The molecule has 0 unspecified atom stereocenters. The second-order valence-corrected chi connectivity index (χ2v) is 6.08. The van der Waals surface area contributed by atoms with Crippen LogP contribution in [0.2, 0.25) is 0 Å². The number of likely N-dealkylation sites (tertiary alicyclic amines) is 1. The van der Waals surface area contributed by atoms with Gasteiger partial charge in [-0.1, -0.05) is 6.07 Å². The molecule has 0 bridgehead atoms. The Kier molecular flexibility index (Phi) is 4.62. The summed E-state index contributed by atoms with van der Waals surface area (Å²) in [6.07, 6.45) is 3.42. The number of aryl methyl sites for hydroxylation is 1. The van der Waals surface area contributed by atoms with E-state index in [4.69, 9.17) is 9.47 Å². The number of halogens is 1. The highest BCUT2D eigenvalue weighted by atomic mass is 19.1. The minimum absolute atomic E-state index is 0.134. The van der Waals surface area contributed by atoms with Crippen LogP contribution >= 0.6 is 0 Å². The summed E-state index contributed by atoms with van der Waals surface area (Å²) in [5.41, 5.74) is 0.819. The zero-order valence-electron chi connectivity index (χ0n) is 12.9. The van der Waals surface area contributed by atoms with E-state index in [1.807, 2.05) is 11.0 Å². The molecule has 22 heavy (non-hydrogen) atoms. The third-order valence-electron chi connectivity index (χ3n) is 4.63. The van der Waals surface area contributed by atoms with E-state index in [-0.39, 0.29) is 23.6 Å². The summed E-state index contributed by atoms with van der Waals surface area (Å²) < 4.78 is 24.3. The summed E-state index contributed by atoms with van der Waals surface area (Å²) in [5.74, 6) is 0.481. The Morgan fingerprint density at radius 2 is 2.32 bits per heavy atom. The number of carbonyl (C=O) groups is 1. The molecule has 2 saturated heterocycles. The van der Waals surface area contributed by atoms with E-state index in [2.05, 4.69) is 0 Å². The van der Waals surface area contributed by atoms with Crippen molar-refractivity contribution in [2.24, 2.45) is 5.92 Å². The van der Waals surface area contributed by atoms with Crippen LogP contribution in [0.5, 0.6) is 5.75 Å². The lowest BCUT2D eigenvalue weighted by molar-refractivity contribution is -0.130. The van der Waals surface area contributed by atoms with Gasteiger partial charge in [-0.3, -0.25) is 4.79 Å². The molecule has 2 heterocycles. The Morgan fingerprint density at radius 1 is 1.45 bits per heavy atom. The fourth-order valence-corrected chi connectivity index (χ4v) is 3.37. The average molecular weight is 307 g/mol. The number of hydrogen-bond donors (Lipinski definition) is 0. The van der Waals surface area contributed by atoms with Gasteiger partial charge in [0.1, 0.15) is 0 Å². The van der Waals surface area contributed by atoms with Crippen molar-refractivity contribution in [3.63, 3.8) is 0 Å². The van der Waals surface area contributed by atoms with Gasteiger partial charge in [0.2, 0.25) is 5.91 Å². The van der Waals surface area contributed by atoms with E-state index in [0.717, 1.165) is 31.6 Å². The van der Waals surface area contributed by atoms with E-state index < -0.39 is 0 Å². The van der Waals surface area contributed by atoms with Gasteiger partial charge in [0, 0.05) is 32.0 Å². The molecule has 120 valence electrons. The molecule has 1 aromatic rings. The molecule has 1 amide bonds. The van der Waals surface area contributed by atoms with E-state index in [9.17, 15) is 9.18 Å². The Labute approximate surface area is 130 Å². The number of nitrogens with zero attached hydrogens (tertiary/aromatic N) is 1. The largest absolute Gasteiger partial charge is 0.494 e. The second kappa shape index (κ2) is 6.65. The van der Waals surface area contributed by atoms with Gasteiger partial charge in [0.15, 0.2) is 11.6 Å². The highest BCUT2D eigenvalue weighted by Gasteiger charge is 2.37. The standard InChI is InChI=1S/C17H22FNO3/c1-21-15-6-4-12(9-14(15)18)5-7-17(20)19-10-13-3-2-8-22-16(13)11-19/h4,6,9,13,16H,2-3,5,7-8,10-11H2,1H3/t13-,16-/m0/s1. The third-order valence-corrected chi connectivity index (χ3v) is 4.63. The number of ether oxygens (including phenoxy) is 2. The summed E-state index contributed by atoms with van der Waals surface area (Å²) >= 11 is 0. The second-order valence-electron chi connectivity index (χ2n) is 6.08. The summed E-state index contributed by atoms with van der Waals surface area (Å²) in [6.45, 7) is 2.33. The number of hydrogen-bond acceptors (Lipinski definition) is 3. The van der Waals surface area contributed by atoms with Gasteiger partial charge in [0.25, 0.3) is 0 Å². The molecule has 2 aliphatic rings. The van der Waals surface area contributed by atoms with Crippen molar-refractivity contribution < 1.29 is 18.7 Å². The van der Waals surface area contributed by atoms with E-state index in [1.54, 1.807) is 6.07 Å². The summed E-state index contributed by atoms with van der Waals surface area (Å²) in [4.78, 5) is 14.2. The van der Waals surface area contributed by atoms with Crippen LogP contribution in [0.3, 0.4) is 0 Å². The van der Waals surface area contributed by atoms with E-state index in [0.29, 0.717) is 25.3 Å². The Morgan fingerprint density at radius 3 is 3.05 bits per heavy atom. The number of rotatable bonds is 4. The number of benzene rings is 1. The Balaban J connectivity index is 1.53. The first kappa shape index (κ1) is 15.3. The summed E-state index contributed by atoms with van der Waals surface area (Å²) in [7, 11) is 1.44. The molecule has 0 radical (unpaired) electrons. The molecule has 0 spiro atoms. The fourth-order valence-electron chi connectivity index (χ4n) is 3.37. The van der Waals surface area contributed by atoms with Gasteiger partial charge in [-0.25, -0.2) is 4.39 Å². The first-order valence-corrected chi connectivity index (χ1v) is 7.89. The maximum Gasteiger partial charge on any atom is 0.223 e. The molecular formula is C17H22FNO3. The van der Waals surface area contributed by atoms with Gasteiger partial charge in [-0.2, -0.15) is 0 Å². The lowest BCUT2D eigenvalue weighted by atomic mass is 9.98. The van der Waals surface area contributed by atoms with Crippen LogP contribution in [-0.4, -0.2) is 43.7 Å². The van der Waals surface area contributed by atoms with Crippen LogP contribution in [0.15, 0.2) is 18.2 Å². The first-order valence-electron chi connectivity index (χ1n) is 7.89. The van der Waals surface area contributed by atoms with E-state index >= 15 is 0 Å². The topological polar surface area (TPSA) is 38.8 Å². The molecule has 0 N–H and O–H groups in total. The number of methoxy groups -OCH3 is 1. The van der Waals surface area contributed by atoms with Crippen molar-refractivity contribution in [1.29, 1.82) is 0 Å². The highest BCUT2D eigenvalue weighted by Crippen LogP contribution is 2.28. The maximum atomic E-state index is 13.6. The van der Waals surface area contributed by atoms with Gasteiger partial charge in [0.05, 0.1) is 13.2 Å². The lowest BCUT2D eigenvalue weighted by Gasteiger charge is -2.23. The van der Waals surface area contributed by atoms with Crippen molar-refractivity contribution >= 4 is 5.91 Å². The molecule has 1 aromatic carbocycles. The van der Waals surface area contributed by atoms with Crippen LogP contribution in [0.4, 0.5) is 4.39 Å². The SMILES string of the molecule is COc1ccc(CCC(=O)N2C[C@@H]3CCCO[C@H]3C2)cc1F. The van der Waals surface area contributed by atoms with Gasteiger partial charge in [-0.15, -0.1) is 0 Å². The van der Waals surface area contributed by atoms with Crippen LogP contribution in [0.25, 0.3) is 0 Å². The van der Waals surface area contributed by atoms with Crippen molar-refractivity contribution in [3.05, 3.63) is 29.6 Å². The van der Waals surface area contributed by atoms with Crippen LogP contribution in [0, 0.1) is 11.7 Å². The molecular weight excluding hydrogens is 285 g/mol. The normalized spacial score (nSPS) is 24.2. The third kappa shape index (κ3) is 3.24. The molecule has 2 aliphatic heterocycles. The van der Waals surface area contributed by atoms with Crippen LogP contribution in [0.1, 0.15) is 24.8 Å². The Hall–Kier alpha value is -1.62. The van der Waals surface area contributed by atoms with Crippen molar-refractivity contribution in [3.8, 4) is 5.75 Å². The molecule has 3 rings (SSSR count). The van der Waals surface area contributed by atoms with Crippen molar-refractivity contribution in [2.45, 2.75) is 31.8 Å². The number of carbonyl (C=O) groups excluding carboxylic acids is 1. The molecule has 2 atom stereocenters. The smallest absolute Gasteiger partial charge is 0.223 e. The number of fused-ring (bicyclic) bond motifs is 1. The van der Waals surface area contributed by atoms with Crippen LogP contribution in [-0.2, 0) is 16.0 Å². The van der Waals surface area contributed by atoms with Gasteiger partial charge in [-0.05, 0) is 37.0 Å². The average Bonchev–Trinajstić information content (AvgIpc) is 2.97. The predicted octanol–water partition coefficient (Wildman–Crippen LogP) is 2.40. The zero-order chi connectivity index (χ0) is 15.5. The Bertz CT molecular complexity index is 535. The molecule has 0 saturated carbocycles. The van der Waals surface area contributed by atoms with Gasteiger partial charge >= 0.3 is 0 Å². The predicted molar refractivity (Wildman–Crippen MR) is 80.3 cm³/mol. The quantitative estimate of drug-likeness (QED) is 0.857. The summed E-state index contributed by atoms with van der Waals surface area (Å²) in [5, 5.41) is 0. The molecule has 0 aromatic heterocycles. The van der Waals surface area contributed by atoms with E-state index in [1.165, 1.54) is 13.2 Å². The molecule has 5 heteroatoms. The minimum Gasteiger partial charge on any atom is -0.494 e. The van der Waals surface area contributed by atoms with Crippen LogP contribution < -0.4 is 4.74 Å². The van der Waals surface area contributed by atoms with Crippen molar-refractivity contribution in [1.82, 2.24) is 4.90 Å². The fraction of sp³-hybridized carbons (Fsp3) is 0.588. The van der Waals surface area contributed by atoms with Crippen molar-refractivity contribution in [2.75, 3.05) is 26.8 Å².